The summed E-state index contributed by atoms with van der Waals surface area (Å²) in [5.41, 5.74) is 5.50. The third-order valence-corrected chi connectivity index (χ3v) is 6.99. The summed E-state index contributed by atoms with van der Waals surface area (Å²) in [4.78, 5) is 38.6. The zero-order valence-electron chi connectivity index (χ0n) is 21.1. The van der Waals surface area contributed by atoms with Crippen LogP contribution in [0.4, 0.5) is 4.79 Å². The average molecular weight is 501 g/mol. The van der Waals surface area contributed by atoms with Gasteiger partial charge >= 0.3 is 12.1 Å². The van der Waals surface area contributed by atoms with Crippen molar-refractivity contribution in [3.8, 4) is 11.1 Å². The van der Waals surface area contributed by atoms with Crippen molar-refractivity contribution in [2.45, 2.75) is 31.7 Å². The van der Waals surface area contributed by atoms with Gasteiger partial charge in [-0.05, 0) is 41.2 Å². The Morgan fingerprint density at radius 3 is 2.08 bits per heavy atom. The van der Waals surface area contributed by atoms with Crippen LogP contribution in [0.2, 0.25) is 0 Å². The van der Waals surface area contributed by atoms with Gasteiger partial charge in [-0.2, -0.15) is 0 Å². The van der Waals surface area contributed by atoms with E-state index in [1.807, 2.05) is 61.5 Å². The first-order chi connectivity index (χ1) is 17.8. The molecule has 0 saturated heterocycles. The van der Waals surface area contributed by atoms with Crippen LogP contribution in [-0.4, -0.2) is 54.2 Å². The van der Waals surface area contributed by atoms with Crippen molar-refractivity contribution < 1.29 is 24.2 Å². The van der Waals surface area contributed by atoms with Gasteiger partial charge < -0.3 is 20.1 Å². The summed E-state index contributed by atoms with van der Waals surface area (Å²) in [5.74, 6) is -2.02. The number of aliphatic carboxylic acids is 1. The third-order valence-electron chi connectivity index (χ3n) is 6.99. The number of carbonyl (C=O) groups is 3. The molecular weight excluding hydrogens is 468 g/mol. The fourth-order valence-electron chi connectivity index (χ4n) is 4.88. The molecule has 37 heavy (non-hydrogen) atoms. The van der Waals surface area contributed by atoms with E-state index in [-0.39, 0.29) is 37.4 Å². The van der Waals surface area contributed by atoms with Crippen LogP contribution in [0.25, 0.3) is 11.1 Å². The second-order valence-electron chi connectivity index (χ2n) is 9.49. The molecule has 192 valence electrons. The van der Waals surface area contributed by atoms with Crippen LogP contribution in [0, 0.1) is 5.92 Å². The van der Waals surface area contributed by atoms with E-state index < -0.39 is 18.0 Å². The van der Waals surface area contributed by atoms with Crippen molar-refractivity contribution >= 4 is 18.0 Å². The van der Waals surface area contributed by atoms with Crippen LogP contribution in [0.15, 0.2) is 78.9 Å². The Hall–Kier alpha value is -4.13. The summed E-state index contributed by atoms with van der Waals surface area (Å²) < 4.78 is 5.58. The minimum Gasteiger partial charge on any atom is -0.481 e. The van der Waals surface area contributed by atoms with Crippen molar-refractivity contribution in [1.82, 2.24) is 10.2 Å². The van der Waals surface area contributed by atoms with Gasteiger partial charge in [0.1, 0.15) is 6.61 Å². The maximum atomic E-state index is 13.1. The molecule has 4 rings (SSSR count). The molecule has 0 unspecified atom stereocenters. The molecule has 1 aliphatic rings. The first-order valence-electron chi connectivity index (χ1n) is 12.5. The van der Waals surface area contributed by atoms with Crippen LogP contribution >= 0.6 is 0 Å². The summed E-state index contributed by atoms with van der Waals surface area (Å²) in [7, 11) is 1.63. The van der Waals surface area contributed by atoms with Crippen LogP contribution in [0.3, 0.4) is 0 Å². The number of rotatable bonds is 10. The van der Waals surface area contributed by atoms with Crippen molar-refractivity contribution in [2.75, 3.05) is 20.2 Å². The predicted molar refractivity (Wildman–Crippen MR) is 141 cm³/mol. The normalized spacial score (nSPS) is 13.7. The Kier molecular flexibility index (Phi) is 8.23. The van der Waals surface area contributed by atoms with Gasteiger partial charge in [-0.25, -0.2) is 4.79 Å². The highest BCUT2D eigenvalue weighted by molar-refractivity contribution is 5.83. The molecule has 0 fully saturated rings. The van der Waals surface area contributed by atoms with E-state index in [0.717, 1.165) is 27.8 Å². The lowest BCUT2D eigenvalue weighted by atomic mass is 9.94. The summed E-state index contributed by atoms with van der Waals surface area (Å²) >= 11 is 0. The van der Waals surface area contributed by atoms with E-state index in [2.05, 4.69) is 29.6 Å². The molecule has 0 aromatic heterocycles. The fraction of sp³-hybridized carbons (Fsp3) is 0.300. The SMILES string of the molecule is C[C@@H](CNC(=O)OCC1c2ccccc2-c2ccccc21)N(C)C(=O)[C@@H](CC(=O)O)Cc1ccccc1. The molecule has 1 aliphatic carbocycles. The summed E-state index contributed by atoms with van der Waals surface area (Å²) in [6.07, 6.45) is -0.478. The number of hydrogen-bond acceptors (Lipinski definition) is 4. The number of nitrogens with zero attached hydrogens (tertiary/aromatic N) is 1. The van der Waals surface area contributed by atoms with E-state index in [1.54, 1.807) is 7.05 Å². The Morgan fingerprint density at radius 2 is 1.49 bits per heavy atom. The van der Waals surface area contributed by atoms with Crippen LogP contribution in [0.5, 0.6) is 0 Å². The Morgan fingerprint density at radius 1 is 0.919 bits per heavy atom. The number of likely N-dealkylation sites (N-methyl/N-ethyl adjacent to an activating group) is 1. The topological polar surface area (TPSA) is 95.9 Å². The molecule has 0 spiro atoms. The zero-order chi connectivity index (χ0) is 26.4. The highest BCUT2D eigenvalue weighted by Gasteiger charge is 2.30. The number of carboxylic acid groups (broad SMARTS) is 1. The zero-order valence-corrected chi connectivity index (χ0v) is 21.1. The number of carbonyl (C=O) groups excluding carboxylic acids is 2. The van der Waals surface area contributed by atoms with E-state index in [0.29, 0.717) is 6.42 Å². The molecule has 3 aromatic rings. The molecule has 7 heteroatoms. The smallest absolute Gasteiger partial charge is 0.407 e. The second kappa shape index (κ2) is 11.7. The summed E-state index contributed by atoms with van der Waals surface area (Å²) in [5, 5.41) is 12.1. The average Bonchev–Trinajstić information content (AvgIpc) is 3.23. The summed E-state index contributed by atoms with van der Waals surface area (Å²) in [6, 6.07) is 25.3. The number of benzene rings is 3. The molecule has 2 N–H and O–H groups in total. The quantitative estimate of drug-likeness (QED) is 0.421. The molecule has 7 nitrogen and oxygen atoms in total. The molecule has 0 bridgehead atoms. The Bertz CT molecular complexity index is 1210. The van der Waals surface area contributed by atoms with E-state index in [9.17, 15) is 19.5 Å². The Balaban J connectivity index is 1.31. The van der Waals surface area contributed by atoms with Gasteiger partial charge in [-0.1, -0.05) is 78.9 Å². The van der Waals surface area contributed by atoms with Crippen molar-refractivity contribution in [3.05, 3.63) is 95.6 Å². The standard InChI is InChI=1S/C30H32N2O5/c1-20(32(2)29(35)22(17-28(33)34)16-21-10-4-3-5-11-21)18-31-30(36)37-19-27-25-14-8-6-12-23(25)24-13-7-9-15-26(24)27/h3-15,20,22,27H,16-19H2,1-2H3,(H,31,36)(H,33,34)/t20-,22+/m0/s1. The van der Waals surface area contributed by atoms with Gasteiger partial charge in [-0.3, -0.25) is 9.59 Å². The van der Waals surface area contributed by atoms with E-state index in [4.69, 9.17) is 4.74 Å². The lowest BCUT2D eigenvalue weighted by Crippen LogP contribution is -2.46. The Labute approximate surface area is 217 Å². The van der Waals surface area contributed by atoms with Crippen LogP contribution in [-0.2, 0) is 20.7 Å². The maximum absolute atomic E-state index is 13.1. The molecular formula is C30H32N2O5. The third kappa shape index (κ3) is 6.17. The minimum atomic E-state index is -1.02. The van der Waals surface area contributed by atoms with Gasteiger partial charge in [0, 0.05) is 25.6 Å². The molecule has 2 atom stereocenters. The number of nitrogens with one attached hydrogen (secondary N) is 1. The monoisotopic (exact) mass is 500 g/mol. The largest absolute Gasteiger partial charge is 0.481 e. The lowest BCUT2D eigenvalue weighted by molar-refractivity contribution is -0.144. The van der Waals surface area contributed by atoms with Gasteiger partial charge in [0.15, 0.2) is 0 Å². The first-order valence-corrected chi connectivity index (χ1v) is 12.5. The lowest BCUT2D eigenvalue weighted by Gasteiger charge is -2.29. The first kappa shape index (κ1) is 25.9. The number of fused-ring (bicyclic) bond motifs is 3. The number of amides is 2. The van der Waals surface area contributed by atoms with Gasteiger partial charge in [-0.15, -0.1) is 0 Å². The number of alkyl carbamates (subject to hydrolysis) is 1. The van der Waals surface area contributed by atoms with E-state index in [1.165, 1.54) is 4.90 Å². The molecule has 3 aromatic carbocycles. The second-order valence-corrected chi connectivity index (χ2v) is 9.49. The summed E-state index contributed by atoms with van der Waals surface area (Å²) in [6.45, 7) is 2.20. The molecule has 0 heterocycles. The van der Waals surface area contributed by atoms with Crippen molar-refractivity contribution in [2.24, 2.45) is 5.92 Å². The van der Waals surface area contributed by atoms with Crippen molar-refractivity contribution in [3.63, 3.8) is 0 Å². The van der Waals surface area contributed by atoms with Crippen LogP contribution in [0.1, 0.15) is 36.0 Å². The number of ether oxygens (including phenoxy) is 1. The van der Waals surface area contributed by atoms with Gasteiger partial charge in [0.2, 0.25) is 5.91 Å². The number of hydrogen-bond donors (Lipinski definition) is 2. The highest BCUT2D eigenvalue weighted by atomic mass is 16.5. The molecule has 0 aliphatic heterocycles. The van der Waals surface area contributed by atoms with Gasteiger partial charge in [0.05, 0.1) is 12.3 Å². The number of carboxylic acids is 1. The fourth-order valence-corrected chi connectivity index (χ4v) is 4.88. The molecule has 2 amide bonds. The minimum absolute atomic E-state index is 0.0328. The molecule has 0 saturated carbocycles. The van der Waals surface area contributed by atoms with Crippen LogP contribution < -0.4 is 5.32 Å². The van der Waals surface area contributed by atoms with E-state index >= 15 is 0 Å². The highest BCUT2D eigenvalue weighted by Crippen LogP contribution is 2.44. The predicted octanol–water partition coefficient (Wildman–Crippen LogP) is 4.71. The van der Waals surface area contributed by atoms with Crippen molar-refractivity contribution in [1.29, 1.82) is 0 Å². The van der Waals surface area contributed by atoms with Gasteiger partial charge in [0.25, 0.3) is 0 Å². The maximum Gasteiger partial charge on any atom is 0.407 e. The molecule has 0 radical (unpaired) electrons.